The molecule has 0 aliphatic heterocycles. The average molecular weight is 512 g/mol. The molecule has 1 aromatic carbocycles. The number of anilines is 1. The van der Waals surface area contributed by atoms with E-state index in [0.717, 1.165) is 22.9 Å². The second kappa shape index (κ2) is 11.3. The lowest BCUT2D eigenvalue weighted by atomic mass is 10.0. The van der Waals surface area contributed by atoms with E-state index < -0.39 is 24.7 Å². The Morgan fingerprint density at radius 3 is 2.62 bits per heavy atom. The summed E-state index contributed by atoms with van der Waals surface area (Å²) >= 11 is 0. The van der Waals surface area contributed by atoms with Crippen LogP contribution in [0.1, 0.15) is 19.4 Å². The molecule has 1 atom stereocenters. The molecule has 10 heteroatoms. The highest BCUT2D eigenvalue weighted by Crippen LogP contribution is 2.31. The number of H-pyrrole nitrogens is 1. The number of ether oxygens (including phenoxy) is 1. The molecule has 3 heterocycles. The minimum Gasteiger partial charge on any atom is -0.492 e. The first-order valence-corrected chi connectivity index (χ1v) is 11.9. The molecule has 7 nitrogen and oxygen atoms in total. The zero-order valence-electron chi connectivity index (χ0n) is 20.5. The third kappa shape index (κ3) is 6.99. The molecular formula is C27H28F3N5O2. The number of benzene rings is 1. The van der Waals surface area contributed by atoms with Gasteiger partial charge >= 0.3 is 6.18 Å². The first-order chi connectivity index (χ1) is 17.7. The lowest BCUT2D eigenvalue weighted by Gasteiger charge is -2.23. The molecule has 0 saturated heterocycles. The van der Waals surface area contributed by atoms with Gasteiger partial charge in [0.25, 0.3) is 0 Å². The lowest BCUT2D eigenvalue weighted by molar-refractivity contribution is -0.139. The predicted octanol–water partition coefficient (Wildman–Crippen LogP) is 5.36. The molecule has 0 fully saturated rings. The van der Waals surface area contributed by atoms with Gasteiger partial charge in [0.1, 0.15) is 24.0 Å². The minimum atomic E-state index is -4.48. The topological polar surface area (TPSA) is 91.9 Å². The van der Waals surface area contributed by atoms with E-state index in [-0.39, 0.29) is 5.92 Å². The van der Waals surface area contributed by atoms with Crippen molar-refractivity contribution in [2.45, 2.75) is 32.5 Å². The standard InChI is InChI=1S/C27H28F3N5O2/c1-17(2)24(26(36)34-16-27(28,29)30)35-20-10-19(12-31-13-20)23-15-33-25-22(23)11-21(14-32-25)37-9-8-18-6-4-3-5-7-18/h3-7,10-15,17,24,35H,8-9,16H2,1-2H3,(H,32,33)(H,34,36). The van der Waals surface area contributed by atoms with Gasteiger partial charge in [0.15, 0.2) is 0 Å². The number of alkyl halides is 3. The van der Waals surface area contributed by atoms with Gasteiger partial charge in [-0.3, -0.25) is 9.78 Å². The largest absolute Gasteiger partial charge is 0.492 e. The van der Waals surface area contributed by atoms with Crippen LogP contribution in [-0.2, 0) is 11.2 Å². The normalized spacial score (nSPS) is 12.5. The molecule has 37 heavy (non-hydrogen) atoms. The van der Waals surface area contributed by atoms with Crippen molar-refractivity contribution in [2.24, 2.45) is 5.92 Å². The van der Waals surface area contributed by atoms with Crippen molar-refractivity contribution >= 4 is 22.6 Å². The number of aromatic amines is 1. The average Bonchev–Trinajstić information content (AvgIpc) is 3.29. The number of carbonyl (C=O) groups excluding carboxylic acids is 1. The van der Waals surface area contributed by atoms with Crippen LogP contribution in [0, 0.1) is 5.92 Å². The smallest absolute Gasteiger partial charge is 0.405 e. The Hall–Kier alpha value is -4.08. The van der Waals surface area contributed by atoms with Crippen molar-refractivity contribution in [2.75, 3.05) is 18.5 Å². The molecule has 0 radical (unpaired) electrons. The molecule has 1 unspecified atom stereocenters. The molecule has 3 N–H and O–H groups in total. The van der Waals surface area contributed by atoms with Crippen molar-refractivity contribution in [1.29, 1.82) is 0 Å². The number of halogens is 3. The van der Waals surface area contributed by atoms with Crippen LogP contribution in [0.2, 0.25) is 0 Å². The van der Waals surface area contributed by atoms with Gasteiger partial charge < -0.3 is 20.4 Å². The second-order valence-corrected chi connectivity index (χ2v) is 9.01. The summed E-state index contributed by atoms with van der Waals surface area (Å²) in [4.78, 5) is 24.3. The SMILES string of the molecule is CC(C)C(Nc1cncc(-c2c[nH]c3ncc(OCCc4ccccc4)cc23)c1)C(=O)NCC(F)(F)F. The Labute approximate surface area is 212 Å². The second-order valence-electron chi connectivity index (χ2n) is 9.01. The summed E-state index contributed by atoms with van der Waals surface area (Å²) in [5.74, 6) is -0.358. The summed E-state index contributed by atoms with van der Waals surface area (Å²) in [5, 5.41) is 5.81. The molecule has 3 aromatic heterocycles. The van der Waals surface area contributed by atoms with Gasteiger partial charge in [0.2, 0.25) is 5.91 Å². The zero-order valence-corrected chi connectivity index (χ0v) is 20.5. The quantitative estimate of drug-likeness (QED) is 0.267. The zero-order chi connectivity index (χ0) is 26.4. The van der Waals surface area contributed by atoms with E-state index in [9.17, 15) is 18.0 Å². The van der Waals surface area contributed by atoms with E-state index in [1.54, 1.807) is 32.3 Å². The molecule has 194 valence electrons. The Morgan fingerprint density at radius 2 is 1.89 bits per heavy atom. The molecule has 0 bridgehead atoms. The van der Waals surface area contributed by atoms with Crippen molar-refractivity contribution in [1.82, 2.24) is 20.3 Å². The van der Waals surface area contributed by atoms with E-state index in [4.69, 9.17) is 4.74 Å². The maximum Gasteiger partial charge on any atom is 0.405 e. The number of amides is 1. The van der Waals surface area contributed by atoms with E-state index in [0.29, 0.717) is 23.7 Å². The maximum atomic E-state index is 12.6. The number of hydrogen-bond donors (Lipinski definition) is 3. The van der Waals surface area contributed by atoms with Crippen molar-refractivity contribution < 1.29 is 22.7 Å². The van der Waals surface area contributed by atoms with Crippen molar-refractivity contribution in [3.63, 3.8) is 0 Å². The number of carbonyl (C=O) groups is 1. The summed E-state index contributed by atoms with van der Waals surface area (Å²) in [7, 11) is 0. The van der Waals surface area contributed by atoms with Crippen LogP contribution in [-0.4, -0.2) is 46.2 Å². The third-order valence-corrected chi connectivity index (χ3v) is 5.79. The van der Waals surface area contributed by atoms with Crippen LogP contribution in [0.3, 0.4) is 0 Å². The molecular weight excluding hydrogens is 483 g/mol. The summed E-state index contributed by atoms with van der Waals surface area (Å²) in [6.07, 6.45) is 2.96. The van der Waals surface area contributed by atoms with E-state index in [2.05, 4.69) is 20.3 Å². The van der Waals surface area contributed by atoms with E-state index >= 15 is 0 Å². The molecule has 4 aromatic rings. The highest BCUT2D eigenvalue weighted by Gasteiger charge is 2.30. The van der Waals surface area contributed by atoms with Crippen LogP contribution in [0.4, 0.5) is 18.9 Å². The Balaban J connectivity index is 1.49. The number of rotatable bonds is 10. The van der Waals surface area contributed by atoms with Crippen LogP contribution in [0.15, 0.2) is 67.3 Å². The molecule has 0 aliphatic carbocycles. The maximum absolute atomic E-state index is 12.6. The van der Waals surface area contributed by atoms with Gasteiger partial charge in [-0.05, 0) is 23.6 Å². The Bertz CT molecular complexity index is 1340. The fraction of sp³-hybridized carbons (Fsp3) is 0.296. The van der Waals surface area contributed by atoms with Gasteiger partial charge in [0, 0.05) is 41.5 Å². The molecule has 0 spiro atoms. The van der Waals surface area contributed by atoms with Gasteiger partial charge in [-0.25, -0.2) is 4.98 Å². The Kier molecular flexibility index (Phi) is 7.95. The number of fused-ring (bicyclic) bond motifs is 1. The predicted molar refractivity (Wildman–Crippen MR) is 136 cm³/mol. The fourth-order valence-electron chi connectivity index (χ4n) is 3.91. The first-order valence-electron chi connectivity index (χ1n) is 11.9. The molecule has 0 aliphatic rings. The fourth-order valence-corrected chi connectivity index (χ4v) is 3.91. The van der Waals surface area contributed by atoms with Crippen molar-refractivity contribution in [3.05, 3.63) is 72.8 Å². The minimum absolute atomic E-state index is 0.259. The summed E-state index contributed by atoms with van der Waals surface area (Å²) in [6.45, 7) is 2.64. The summed E-state index contributed by atoms with van der Waals surface area (Å²) in [6, 6.07) is 12.9. The van der Waals surface area contributed by atoms with Crippen LogP contribution < -0.4 is 15.4 Å². The summed E-state index contributed by atoms with van der Waals surface area (Å²) < 4.78 is 43.6. The van der Waals surface area contributed by atoms with Crippen molar-refractivity contribution in [3.8, 4) is 16.9 Å². The lowest BCUT2D eigenvalue weighted by Crippen LogP contribution is -2.46. The third-order valence-electron chi connectivity index (χ3n) is 5.79. The Morgan fingerprint density at radius 1 is 1.11 bits per heavy atom. The number of aromatic nitrogens is 3. The van der Waals surface area contributed by atoms with E-state index in [1.807, 2.05) is 47.9 Å². The van der Waals surface area contributed by atoms with Gasteiger partial charge in [-0.2, -0.15) is 13.2 Å². The highest BCUT2D eigenvalue weighted by molar-refractivity contribution is 5.94. The number of nitrogens with one attached hydrogen (secondary N) is 3. The number of nitrogens with zero attached hydrogens (tertiary/aromatic N) is 2. The molecule has 4 rings (SSSR count). The highest BCUT2D eigenvalue weighted by atomic mass is 19.4. The first kappa shape index (κ1) is 26.0. The van der Waals surface area contributed by atoms with E-state index in [1.165, 1.54) is 11.8 Å². The van der Waals surface area contributed by atoms with Crippen LogP contribution in [0.25, 0.3) is 22.2 Å². The number of hydrogen-bond acceptors (Lipinski definition) is 5. The van der Waals surface area contributed by atoms with Gasteiger partial charge in [-0.15, -0.1) is 0 Å². The summed E-state index contributed by atoms with van der Waals surface area (Å²) in [5.41, 5.74) is 3.94. The molecule has 1 amide bonds. The van der Waals surface area contributed by atoms with Crippen LogP contribution in [0.5, 0.6) is 5.75 Å². The van der Waals surface area contributed by atoms with Gasteiger partial charge in [-0.1, -0.05) is 44.2 Å². The monoisotopic (exact) mass is 511 g/mol. The number of pyridine rings is 2. The van der Waals surface area contributed by atoms with Crippen LogP contribution >= 0.6 is 0 Å². The van der Waals surface area contributed by atoms with Gasteiger partial charge in [0.05, 0.1) is 18.5 Å². The molecule has 0 saturated carbocycles.